The fourth-order valence-electron chi connectivity index (χ4n) is 2.80. The lowest BCUT2D eigenvalue weighted by Crippen LogP contribution is -2.44. The van der Waals surface area contributed by atoms with Gasteiger partial charge in [-0.05, 0) is 24.3 Å². The van der Waals surface area contributed by atoms with Gasteiger partial charge in [0.25, 0.3) is 0 Å². The summed E-state index contributed by atoms with van der Waals surface area (Å²) < 4.78 is 5.47. The quantitative estimate of drug-likeness (QED) is 0.831. The second-order valence-electron chi connectivity index (χ2n) is 6.36. The number of ether oxygens (including phenoxy) is 1. The smallest absolute Gasteiger partial charge is 0.410 e. The lowest BCUT2D eigenvalue weighted by atomic mass is 9.93. The highest BCUT2D eigenvalue weighted by Crippen LogP contribution is 2.22. The van der Waals surface area contributed by atoms with Crippen LogP contribution in [0.25, 0.3) is 0 Å². The first kappa shape index (κ1) is 16.5. The zero-order valence-electron chi connectivity index (χ0n) is 13.5. The third kappa shape index (κ3) is 4.86. The van der Waals surface area contributed by atoms with Crippen LogP contribution >= 0.6 is 0 Å². The lowest BCUT2D eigenvalue weighted by Gasteiger charge is -2.34. The summed E-state index contributed by atoms with van der Waals surface area (Å²) in [5.74, 6) is 0.681. The Kier molecular flexibility index (Phi) is 5.99. The normalized spacial score (nSPS) is 15.9. The minimum Gasteiger partial charge on any atom is -0.445 e. The molecule has 1 amide bonds. The van der Waals surface area contributed by atoms with Crippen LogP contribution in [0.15, 0.2) is 30.3 Å². The number of Topliss-reactive ketones (excluding diaryl/α,β-unsaturated/α-hetero) is 1. The van der Waals surface area contributed by atoms with Crippen molar-refractivity contribution in [3.63, 3.8) is 0 Å². The first-order chi connectivity index (χ1) is 10.6. The van der Waals surface area contributed by atoms with Crippen molar-refractivity contribution in [2.24, 2.45) is 5.92 Å². The van der Waals surface area contributed by atoms with Crippen molar-refractivity contribution < 1.29 is 14.3 Å². The second-order valence-corrected chi connectivity index (χ2v) is 6.36. The van der Waals surface area contributed by atoms with E-state index >= 15 is 0 Å². The largest absolute Gasteiger partial charge is 0.445 e. The van der Waals surface area contributed by atoms with E-state index in [0.29, 0.717) is 37.7 Å². The summed E-state index contributed by atoms with van der Waals surface area (Å²) in [6.07, 6.45) is 2.39. The van der Waals surface area contributed by atoms with Gasteiger partial charge < -0.3 is 9.64 Å². The summed E-state index contributed by atoms with van der Waals surface area (Å²) in [4.78, 5) is 25.7. The molecule has 4 nitrogen and oxygen atoms in total. The Morgan fingerprint density at radius 1 is 1.23 bits per heavy atom. The maximum absolute atomic E-state index is 12.5. The summed E-state index contributed by atoms with van der Waals surface area (Å²) in [6, 6.07) is 9.82. The van der Waals surface area contributed by atoms with Gasteiger partial charge in [-0.2, -0.15) is 0 Å². The molecule has 0 saturated heterocycles. The van der Waals surface area contributed by atoms with Crippen molar-refractivity contribution in [3.05, 3.63) is 35.9 Å². The molecule has 1 aliphatic rings. The standard InChI is InChI=1S/C18H25NO3/c1-14(2)12-19(16-8-10-17(20)11-9-16)18(21)22-13-15-6-4-3-5-7-15/h3-7,14,16H,8-13H2,1-2H3. The van der Waals surface area contributed by atoms with Gasteiger partial charge in [0, 0.05) is 25.4 Å². The number of amides is 1. The van der Waals surface area contributed by atoms with Crippen LogP contribution in [-0.4, -0.2) is 29.4 Å². The van der Waals surface area contributed by atoms with E-state index in [2.05, 4.69) is 13.8 Å². The summed E-state index contributed by atoms with van der Waals surface area (Å²) in [7, 11) is 0. The number of hydrogen-bond acceptors (Lipinski definition) is 3. The third-order valence-corrected chi connectivity index (χ3v) is 3.96. The Bertz CT molecular complexity index is 488. The minimum absolute atomic E-state index is 0.128. The van der Waals surface area contributed by atoms with E-state index < -0.39 is 0 Å². The van der Waals surface area contributed by atoms with Gasteiger partial charge in [-0.1, -0.05) is 44.2 Å². The van der Waals surface area contributed by atoms with Gasteiger partial charge in [0.15, 0.2) is 0 Å². The molecular weight excluding hydrogens is 278 g/mol. The highest BCUT2D eigenvalue weighted by atomic mass is 16.6. The van der Waals surface area contributed by atoms with Gasteiger partial charge in [0.05, 0.1) is 0 Å². The molecule has 1 aromatic rings. The van der Waals surface area contributed by atoms with Gasteiger partial charge in [0.1, 0.15) is 12.4 Å². The van der Waals surface area contributed by atoms with E-state index in [-0.39, 0.29) is 12.1 Å². The van der Waals surface area contributed by atoms with Crippen LogP contribution in [-0.2, 0) is 16.1 Å². The van der Waals surface area contributed by atoms with Crippen LogP contribution in [0.2, 0.25) is 0 Å². The molecule has 2 rings (SSSR count). The monoisotopic (exact) mass is 303 g/mol. The van der Waals surface area contributed by atoms with Crippen molar-refractivity contribution in [1.29, 1.82) is 0 Å². The highest BCUT2D eigenvalue weighted by molar-refractivity contribution is 5.79. The third-order valence-electron chi connectivity index (χ3n) is 3.96. The van der Waals surface area contributed by atoms with Crippen molar-refractivity contribution in [1.82, 2.24) is 4.90 Å². The molecule has 0 aliphatic heterocycles. The topological polar surface area (TPSA) is 46.6 Å². The number of ketones is 1. The molecule has 0 radical (unpaired) electrons. The molecule has 0 heterocycles. The summed E-state index contributed by atoms with van der Waals surface area (Å²) >= 11 is 0. The molecule has 0 N–H and O–H groups in total. The molecule has 1 aromatic carbocycles. The predicted octanol–water partition coefficient (Wildman–Crippen LogP) is 3.79. The molecule has 1 aliphatic carbocycles. The molecule has 22 heavy (non-hydrogen) atoms. The van der Waals surface area contributed by atoms with E-state index in [9.17, 15) is 9.59 Å². The molecule has 0 atom stereocenters. The number of benzene rings is 1. The summed E-state index contributed by atoms with van der Waals surface area (Å²) in [5.41, 5.74) is 0.985. The van der Waals surface area contributed by atoms with Crippen LogP contribution in [0.5, 0.6) is 0 Å². The van der Waals surface area contributed by atoms with E-state index in [1.807, 2.05) is 35.2 Å². The Morgan fingerprint density at radius 3 is 2.45 bits per heavy atom. The summed E-state index contributed by atoms with van der Waals surface area (Å²) in [5, 5.41) is 0. The van der Waals surface area contributed by atoms with E-state index in [0.717, 1.165) is 18.4 Å². The average Bonchev–Trinajstić information content (AvgIpc) is 2.52. The minimum atomic E-state index is -0.267. The van der Waals surface area contributed by atoms with Gasteiger partial charge in [-0.15, -0.1) is 0 Å². The zero-order valence-corrected chi connectivity index (χ0v) is 13.5. The van der Waals surface area contributed by atoms with Crippen LogP contribution in [0.3, 0.4) is 0 Å². The Labute approximate surface area is 132 Å². The molecule has 1 fully saturated rings. The predicted molar refractivity (Wildman–Crippen MR) is 85.4 cm³/mol. The molecule has 4 heteroatoms. The second kappa shape index (κ2) is 7.97. The maximum atomic E-state index is 12.5. The lowest BCUT2D eigenvalue weighted by molar-refractivity contribution is -0.121. The number of hydrogen-bond donors (Lipinski definition) is 0. The maximum Gasteiger partial charge on any atom is 0.410 e. The molecular formula is C18H25NO3. The molecule has 0 bridgehead atoms. The van der Waals surface area contributed by atoms with E-state index in [4.69, 9.17) is 4.74 Å². The Hall–Kier alpha value is -1.84. The highest BCUT2D eigenvalue weighted by Gasteiger charge is 2.29. The van der Waals surface area contributed by atoms with Crippen LogP contribution in [0, 0.1) is 5.92 Å². The van der Waals surface area contributed by atoms with Gasteiger partial charge in [-0.25, -0.2) is 4.79 Å². The fraction of sp³-hybridized carbons (Fsp3) is 0.556. The van der Waals surface area contributed by atoms with Crippen LogP contribution < -0.4 is 0 Å². The Balaban J connectivity index is 1.95. The van der Waals surface area contributed by atoms with Gasteiger partial charge in [0.2, 0.25) is 0 Å². The van der Waals surface area contributed by atoms with Gasteiger partial charge in [-0.3, -0.25) is 4.79 Å². The van der Waals surface area contributed by atoms with E-state index in [1.54, 1.807) is 0 Å². The van der Waals surface area contributed by atoms with Crippen LogP contribution in [0.1, 0.15) is 45.1 Å². The number of nitrogens with zero attached hydrogens (tertiary/aromatic N) is 1. The number of carbonyl (C=O) groups excluding carboxylic acids is 2. The first-order valence-corrected chi connectivity index (χ1v) is 8.05. The average molecular weight is 303 g/mol. The molecule has 1 saturated carbocycles. The fourth-order valence-corrected chi connectivity index (χ4v) is 2.80. The van der Waals surface area contributed by atoms with Crippen molar-refractivity contribution >= 4 is 11.9 Å². The summed E-state index contributed by atoms with van der Waals surface area (Å²) in [6.45, 7) is 5.14. The zero-order chi connectivity index (χ0) is 15.9. The number of rotatable bonds is 5. The Morgan fingerprint density at radius 2 is 1.86 bits per heavy atom. The molecule has 0 aromatic heterocycles. The van der Waals surface area contributed by atoms with Crippen molar-refractivity contribution in [2.45, 2.75) is 52.2 Å². The van der Waals surface area contributed by atoms with Gasteiger partial charge >= 0.3 is 6.09 Å². The molecule has 120 valence electrons. The van der Waals surface area contributed by atoms with Crippen molar-refractivity contribution in [3.8, 4) is 0 Å². The number of carbonyl (C=O) groups is 2. The SMILES string of the molecule is CC(C)CN(C(=O)OCc1ccccc1)C1CCC(=O)CC1. The van der Waals surface area contributed by atoms with Crippen molar-refractivity contribution in [2.75, 3.05) is 6.54 Å². The molecule has 0 spiro atoms. The van der Waals surface area contributed by atoms with E-state index in [1.165, 1.54) is 0 Å². The van der Waals surface area contributed by atoms with Crippen LogP contribution in [0.4, 0.5) is 4.79 Å². The molecule has 0 unspecified atom stereocenters. The first-order valence-electron chi connectivity index (χ1n) is 8.05.